The maximum Gasteiger partial charge on any atom is 0.251 e. The number of nitrogens with one attached hydrogen (secondary N) is 2. The number of benzene rings is 1. The molecule has 5 heteroatoms. The molecule has 1 aromatic carbocycles. The van der Waals surface area contributed by atoms with Crippen LogP contribution in [0.15, 0.2) is 47.3 Å². The maximum absolute atomic E-state index is 12.2. The summed E-state index contributed by atoms with van der Waals surface area (Å²) in [6, 6.07) is 5.57. The van der Waals surface area contributed by atoms with Crippen molar-refractivity contribution in [2.45, 2.75) is 26.7 Å². The van der Waals surface area contributed by atoms with Gasteiger partial charge in [-0.25, -0.2) is 0 Å². The number of allylic oxidation sites excluding steroid dienone is 4. The zero-order valence-corrected chi connectivity index (χ0v) is 15.4. The van der Waals surface area contributed by atoms with Gasteiger partial charge in [0, 0.05) is 23.2 Å². The molecule has 2 heterocycles. The Bertz CT molecular complexity index is 782. The molecule has 0 spiro atoms. The van der Waals surface area contributed by atoms with Gasteiger partial charge in [0.15, 0.2) is 0 Å². The molecular formula is C21H26N2O3. The van der Waals surface area contributed by atoms with Crippen LogP contribution >= 0.6 is 0 Å². The van der Waals surface area contributed by atoms with Crippen molar-refractivity contribution in [1.29, 1.82) is 0 Å². The minimum atomic E-state index is -0.181. The number of amides is 1. The minimum Gasteiger partial charge on any atom is -0.458 e. The fourth-order valence-corrected chi connectivity index (χ4v) is 3.51. The quantitative estimate of drug-likeness (QED) is 0.778. The number of carbonyl (C=O) groups is 1. The van der Waals surface area contributed by atoms with E-state index in [-0.39, 0.29) is 12.5 Å². The minimum absolute atomic E-state index is 0.122. The number of aliphatic hydroxyl groups is 1. The first kappa shape index (κ1) is 18.4. The second-order valence-electron chi connectivity index (χ2n) is 6.40. The average Bonchev–Trinajstić information content (AvgIpc) is 2.68. The van der Waals surface area contributed by atoms with Gasteiger partial charge in [-0.1, -0.05) is 17.7 Å². The highest BCUT2D eigenvalue weighted by Gasteiger charge is 2.27. The molecule has 0 unspecified atom stereocenters. The third-order valence-corrected chi connectivity index (χ3v) is 4.69. The molecule has 0 bridgehead atoms. The van der Waals surface area contributed by atoms with Gasteiger partial charge in [-0.15, -0.1) is 0 Å². The molecular weight excluding hydrogens is 328 g/mol. The van der Waals surface area contributed by atoms with Crippen molar-refractivity contribution < 1.29 is 14.6 Å². The Balaban J connectivity index is 2.14. The van der Waals surface area contributed by atoms with Crippen LogP contribution in [0, 0.1) is 0 Å². The predicted octanol–water partition coefficient (Wildman–Crippen LogP) is 2.79. The van der Waals surface area contributed by atoms with Crippen LogP contribution in [0.1, 0.15) is 42.6 Å². The number of hydrogen-bond donors (Lipinski definition) is 3. The van der Waals surface area contributed by atoms with Crippen molar-refractivity contribution >= 4 is 11.5 Å². The van der Waals surface area contributed by atoms with E-state index < -0.39 is 0 Å². The zero-order chi connectivity index (χ0) is 18.5. The Labute approximate surface area is 154 Å². The van der Waals surface area contributed by atoms with Crippen LogP contribution in [-0.4, -0.2) is 37.3 Å². The molecule has 26 heavy (non-hydrogen) atoms. The van der Waals surface area contributed by atoms with Crippen LogP contribution < -0.4 is 15.4 Å². The number of aliphatic hydroxyl groups excluding tert-OH is 1. The molecule has 0 radical (unpaired) electrons. The lowest BCUT2D eigenvalue weighted by atomic mass is 9.85. The molecule has 0 atom stereocenters. The molecule has 3 rings (SSSR count). The lowest BCUT2D eigenvalue weighted by Crippen LogP contribution is -2.25. The van der Waals surface area contributed by atoms with Crippen LogP contribution in [0.4, 0.5) is 0 Å². The van der Waals surface area contributed by atoms with E-state index in [1.54, 1.807) is 6.07 Å². The van der Waals surface area contributed by atoms with Crippen LogP contribution in [0.25, 0.3) is 5.57 Å². The van der Waals surface area contributed by atoms with E-state index in [2.05, 4.69) is 10.6 Å². The largest absolute Gasteiger partial charge is 0.458 e. The monoisotopic (exact) mass is 354 g/mol. The number of rotatable bonds is 4. The molecule has 0 aromatic heterocycles. The molecule has 2 aliphatic heterocycles. The van der Waals surface area contributed by atoms with Crippen molar-refractivity contribution in [2.75, 3.05) is 26.2 Å². The summed E-state index contributed by atoms with van der Waals surface area (Å²) in [5.74, 6) is 1.04. The number of piperidine rings is 1. The summed E-state index contributed by atoms with van der Waals surface area (Å²) in [5, 5.41) is 16.1. The van der Waals surface area contributed by atoms with E-state index in [1.807, 2.05) is 38.1 Å². The molecule has 2 aliphatic rings. The molecule has 5 nitrogen and oxygen atoms in total. The molecule has 3 N–H and O–H groups in total. The number of ether oxygens (including phenoxy) is 1. The topological polar surface area (TPSA) is 70.6 Å². The van der Waals surface area contributed by atoms with Gasteiger partial charge in [-0.05, 0) is 63.6 Å². The highest BCUT2D eigenvalue weighted by molar-refractivity contribution is 5.97. The Morgan fingerprint density at radius 1 is 1.35 bits per heavy atom. The average molecular weight is 354 g/mol. The van der Waals surface area contributed by atoms with Crippen LogP contribution in [0.2, 0.25) is 0 Å². The molecule has 1 aromatic rings. The van der Waals surface area contributed by atoms with E-state index in [1.165, 1.54) is 5.57 Å². The molecule has 1 amide bonds. The SMILES string of the molecule is C/C=C\C1=C(CO)Oc2cc(C(=O)NCC)ccc2C1=C1CCNCC1. The van der Waals surface area contributed by atoms with E-state index in [9.17, 15) is 9.90 Å². The second-order valence-corrected chi connectivity index (χ2v) is 6.40. The van der Waals surface area contributed by atoms with Crippen LogP contribution in [0.3, 0.4) is 0 Å². The van der Waals surface area contributed by atoms with E-state index in [0.717, 1.165) is 42.6 Å². The molecule has 0 saturated carbocycles. The van der Waals surface area contributed by atoms with Crippen molar-refractivity contribution in [3.63, 3.8) is 0 Å². The third kappa shape index (κ3) is 3.59. The Morgan fingerprint density at radius 2 is 2.12 bits per heavy atom. The van der Waals surface area contributed by atoms with Crippen LogP contribution in [0.5, 0.6) is 5.75 Å². The third-order valence-electron chi connectivity index (χ3n) is 4.69. The Morgan fingerprint density at radius 3 is 2.77 bits per heavy atom. The van der Waals surface area contributed by atoms with E-state index >= 15 is 0 Å². The van der Waals surface area contributed by atoms with Gasteiger partial charge in [0.1, 0.15) is 18.1 Å². The molecule has 1 fully saturated rings. The summed E-state index contributed by atoms with van der Waals surface area (Å²) >= 11 is 0. The Kier molecular flexibility index (Phi) is 5.91. The lowest BCUT2D eigenvalue weighted by Gasteiger charge is -2.28. The highest BCUT2D eigenvalue weighted by atomic mass is 16.5. The summed E-state index contributed by atoms with van der Waals surface area (Å²) in [4.78, 5) is 12.2. The van der Waals surface area contributed by atoms with Gasteiger partial charge in [-0.3, -0.25) is 4.79 Å². The molecule has 138 valence electrons. The van der Waals surface area contributed by atoms with Crippen molar-refractivity contribution in [2.24, 2.45) is 0 Å². The fraction of sp³-hybridized carbons (Fsp3) is 0.381. The van der Waals surface area contributed by atoms with Crippen molar-refractivity contribution in [1.82, 2.24) is 10.6 Å². The van der Waals surface area contributed by atoms with Gasteiger partial charge < -0.3 is 20.5 Å². The van der Waals surface area contributed by atoms with Crippen LogP contribution in [-0.2, 0) is 0 Å². The highest BCUT2D eigenvalue weighted by Crippen LogP contribution is 2.43. The zero-order valence-electron chi connectivity index (χ0n) is 15.4. The van der Waals surface area contributed by atoms with Gasteiger partial charge in [0.25, 0.3) is 5.91 Å². The van der Waals surface area contributed by atoms with Crippen molar-refractivity contribution in [3.8, 4) is 5.75 Å². The lowest BCUT2D eigenvalue weighted by molar-refractivity contribution is 0.0955. The first-order valence-corrected chi connectivity index (χ1v) is 9.19. The first-order valence-electron chi connectivity index (χ1n) is 9.19. The van der Waals surface area contributed by atoms with E-state index in [0.29, 0.717) is 23.6 Å². The summed E-state index contributed by atoms with van der Waals surface area (Å²) in [6.07, 6.45) is 5.89. The number of carbonyl (C=O) groups excluding carboxylic acids is 1. The number of fused-ring (bicyclic) bond motifs is 1. The standard InChI is InChI=1S/C21H26N2O3/c1-3-5-16-19(13-24)26-18-12-15(21(25)23-4-2)6-7-17(18)20(16)14-8-10-22-11-9-14/h3,5-7,12,22,24H,4,8-11,13H2,1-2H3,(H,23,25)/b5-3-. The van der Waals surface area contributed by atoms with Gasteiger partial charge in [0.2, 0.25) is 0 Å². The Hall–Kier alpha value is -2.37. The fourth-order valence-electron chi connectivity index (χ4n) is 3.51. The summed E-state index contributed by atoms with van der Waals surface area (Å²) in [6.45, 7) is 6.14. The molecule has 0 aliphatic carbocycles. The smallest absolute Gasteiger partial charge is 0.251 e. The first-order chi connectivity index (χ1) is 12.7. The maximum atomic E-state index is 12.2. The predicted molar refractivity (Wildman–Crippen MR) is 103 cm³/mol. The summed E-state index contributed by atoms with van der Waals surface area (Å²) in [7, 11) is 0. The normalized spacial score (nSPS) is 17.3. The van der Waals surface area contributed by atoms with Gasteiger partial charge >= 0.3 is 0 Å². The van der Waals surface area contributed by atoms with Crippen molar-refractivity contribution in [3.05, 3.63) is 58.4 Å². The summed E-state index contributed by atoms with van der Waals surface area (Å²) in [5.41, 5.74) is 4.98. The summed E-state index contributed by atoms with van der Waals surface area (Å²) < 4.78 is 5.98. The molecule has 1 saturated heterocycles. The van der Waals surface area contributed by atoms with Gasteiger partial charge in [-0.2, -0.15) is 0 Å². The number of hydrogen-bond acceptors (Lipinski definition) is 4. The van der Waals surface area contributed by atoms with E-state index in [4.69, 9.17) is 4.74 Å². The second kappa shape index (κ2) is 8.34. The van der Waals surface area contributed by atoms with Gasteiger partial charge in [0.05, 0.1) is 0 Å².